The Labute approximate surface area is 144 Å². The molecule has 0 spiro atoms. The molecule has 0 aliphatic carbocycles. The minimum atomic E-state index is 0.160. The van der Waals surface area contributed by atoms with Crippen LogP contribution in [0.4, 0.5) is 0 Å². The van der Waals surface area contributed by atoms with Gasteiger partial charge in [0.2, 0.25) is 5.91 Å². The molecule has 0 atom stereocenters. The van der Waals surface area contributed by atoms with E-state index in [0.717, 1.165) is 24.3 Å². The Bertz CT molecular complexity index is 629. The summed E-state index contributed by atoms with van der Waals surface area (Å²) in [5.41, 5.74) is 2.38. The van der Waals surface area contributed by atoms with E-state index in [1.54, 1.807) is 12.0 Å². The first-order chi connectivity index (χ1) is 11.7. The first-order valence-corrected chi connectivity index (χ1v) is 8.30. The number of hydrogen-bond acceptors (Lipinski definition) is 3. The summed E-state index contributed by atoms with van der Waals surface area (Å²) in [6.45, 7) is 2.20. The van der Waals surface area contributed by atoms with Crippen molar-refractivity contribution in [3.05, 3.63) is 65.7 Å². The fraction of sp³-hybridized carbons (Fsp3) is 0.350. The number of carbonyl (C=O) groups is 1. The largest absolute Gasteiger partial charge is 0.497 e. The number of carbonyl (C=O) groups excluding carboxylic acids is 1. The molecular formula is C20H26N2O2. The minimum absolute atomic E-state index is 0.160. The second kappa shape index (κ2) is 9.73. The van der Waals surface area contributed by atoms with Gasteiger partial charge in [0.25, 0.3) is 0 Å². The van der Waals surface area contributed by atoms with Crippen molar-refractivity contribution in [2.75, 3.05) is 27.2 Å². The SMILES string of the molecule is COc1cccc(CCNCCC(=O)N(C)Cc2ccccc2)c1. The van der Waals surface area contributed by atoms with Crippen molar-refractivity contribution in [1.29, 1.82) is 0 Å². The van der Waals surface area contributed by atoms with E-state index in [1.807, 2.05) is 55.6 Å². The minimum Gasteiger partial charge on any atom is -0.497 e. The van der Waals surface area contributed by atoms with Gasteiger partial charge in [-0.2, -0.15) is 0 Å². The van der Waals surface area contributed by atoms with Crippen molar-refractivity contribution in [1.82, 2.24) is 10.2 Å². The van der Waals surface area contributed by atoms with Crippen molar-refractivity contribution in [3.63, 3.8) is 0 Å². The zero-order chi connectivity index (χ0) is 17.2. The number of methoxy groups -OCH3 is 1. The monoisotopic (exact) mass is 326 g/mol. The molecule has 2 aromatic carbocycles. The number of nitrogens with zero attached hydrogens (tertiary/aromatic N) is 1. The van der Waals surface area contributed by atoms with Gasteiger partial charge in [-0.05, 0) is 36.2 Å². The molecule has 4 nitrogen and oxygen atoms in total. The predicted octanol–water partition coefficient (Wildman–Crippen LogP) is 2.88. The van der Waals surface area contributed by atoms with Gasteiger partial charge in [0.1, 0.15) is 5.75 Å². The van der Waals surface area contributed by atoms with Gasteiger partial charge in [0, 0.05) is 26.6 Å². The van der Waals surface area contributed by atoms with Gasteiger partial charge in [0.15, 0.2) is 0 Å². The summed E-state index contributed by atoms with van der Waals surface area (Å²) < 4.78 is 5.22. The molecule has 0 unspecified atom stereocenters. The van der Waals surface area contributed by atoms with Crippen LogP contribution >= 0.6 is 0 Å². The van der Waals surface area contributed by atoms with Gasteiger partial charge < -0.3 is 15.0 Å². The highest BCUT2D eigenvalue weighted by molar-refractivity contribution is 5.76. The van der Waals surface area contributed by atoms with Crippen LogP contribution in [0.15, 0.2) is 54.6 Å². The molecule has 0 aromatic heterocycles. The Kier molecular flexibility index (Phi) is 7.30. The number of nitrogens with one attached hydrogen (secondary N) is 1. The molecule has 1 amide bonds. The third kappa shape index (κ3) is 6.05. The molecule has 24 heavy (non-hydrogen) atoms. The van der Waals surface area contributed by atoms with Crippen molar-refractivity contribution in [2.45, 2.75) is 19.4 Å². The van der Waals surface area contributed by atoms with Crippen LogP contribution < -0.4 is 10.1 Å². The molecule has 0 bridgehead atoms. The molecule has 1 N–H and O–H groups in total. The molecule has 0 heterocycles. The number of ether oxygens (including phenoxy) is 1. The van der Waals surface area contributed by atoms with Crippen molar-refractivity contribution >= 4 is 5.91 Å². The highest BCUT2D eigenvalue weighted by Gasteiger charge is 2.08. The summed E-state index contributed by atoms with van der Waals surface area (Å²) >= 11 is 0. The molecule has 2 rings (SSSR count). The lowest BCUT2D eigenvalue weighted by Crippen LogP contribution is -2.30. The summed E-state index contributed by atoms with van der Waals surface area (Å²) in [7, 11) is 3.53. The topological polar surface area (TPSA) is 41.6 Å². The first-order valence-electron chi connectivity index (χ1n) is 8.30. The van der Waals surface area contributed by atoms with Crippen LogP contribution in [0.3, 0.4) is 0 Å². The Morgan fingerprint density at radius 3 is 2.54 bits per heavy atom. The van der Waals surface area contributed by atoms with E-state index in [9.17, 15) is 4.79 Å². The van der Waals surface area contributed by atoms with Crippen LogP contribution in [0.25, 0.3) is 0 Å². The summed E-state index contributed by atoms with van der Waals surface area (Å²) in [6.07, 6.45) is 1.44. The van der Waals surface area contributed by atoms with Crippen LogP contribution in [-0.4, -0.2) is 38.1 Å². The van der Waals surface area contributed by atoms with Crippen LogP contribution in [0.1, 0.15) is 17.5 Å². The average Bonchev–Trinajstić information content (AvgIpc) is 2.62. The summed E-state index contributed by atoms with van der Waals surface area (Å²) in [4.78, 5) is 13.9. The number of benzene rings is 2. The molecule has 0 saturated heterocycles. The molecule has 2 aromatic rings. The summed E-state index contributed by atoms with van der Waals surface area (Å²) in [5, 5.41) is 3.33. The van der Waals surface area contributed by atoms with Gasteiger partial charge in [-0.3, -0.25) is 4.79 Å². The van der Waals surface area contributed by atoms with Crippen molar-refractivity contribution in [3.8, 4) is 5.75 Å². The second-order valence-corrected chi connectivity index (χ2v) is 5.84. The van der Waals surface area contributed by atoms with Gasteiger partial charge >= 0.3 is 0 Å². The highest BCUT2D eigenvalue weighted by Crippen LogP contribution is 2.12. The Hall–Kier alpha value is -2.33. The highest BCUT2D eigenvalue weighted by atomic mass is 16.5. The lowest BCUT2D eigenvalue weighted by atomic mass is 10.1. The van der Waals surface area contributed by atoms with Crippen molar-refractivity contribution < 1.29 is 9.53 Å². The third-order valence-corrected chi connectivity index (χ3v) is 3.93. The zero-order valence-corrected chi connectivity index (χ0v) is 14.5. The maximum atomic E-state index is 12.1. The quantitative estimate of drug-likeness (QED) is 0.721. The molecule has 4 heteroatoms. The van der Waals surface area contributed by atoms with E-state index in [-0.39, 0.29) is 5.91 Å². The van der Waals surface area contributed by atoms with Gasteiger partial charge in [-0.25, -0.2) is 0 Å². The number of hydrogen-bond donors (Lipinski definition) is 1. The summed E-state index contributed by atoms with van der Waals surface area (Å²) in [5.74, 6) is 1.04. The normalized spacial score (nSPS) is 10.4. The van der Waals surface area contributed by atoms with Gasteiger partial charge in [-0.15, -0.1) is 0 Å². The van der Waals surface area contributed by atoms with E-state index >= 15 is 0 Å². The molecule has 0 radical (unpaired) electrons. The molecule has 0 aliphatic heterocycles. The fourth-order valence-corrected chi connectivity index (χ4v) is 2.52. The molecule has 0 aliphatic rings. The van der Waals surface area contributed by atoms with Crippen molar-refractivity contribution in [2.24, 2.45) is 0 Å². The second-order valence-electron chi connectivity index (χ2n) is 5.84. The van der Waals surface area contributed by atoms with Crippen LogP contribution in [0, 0.1) is 0 Å². The number of rotatable bonds is 9. The van der Waals surface area contributed by atoms with E-state index in [2.05, 4.69) is 11.4 Å². The van der Waals surface area contributed by atoms with Crippen LogP contribution in [-0.2, 0) is 17.8 Å². The Morgan fingerprint density at radius 2 is 1.79 bits per heavy atom. The standard InChI is InChI=1S/C20H26N2O2/c1-22(16-18-7-4-3-5-8-18)20(23)12-14-21-13-11-17-9-6-10-19(15-17)24-2/h3-10,15,21H,11-14,16H2,1-2H3. The van der Waals surface area contributed by atoms with E-state index < -0.39 is 0 Å². The lowest BCUT2D eigenvalue weighted by Gasteiger charge is -2.17. The Balaban J connectivity index is 1.63. The molecule has 128 valence electrons. The molecule has 0 saturated carbocycles. The maximum Gasteiger partial charge on any atom is 0.223 e. The van der Waals surface area contributed by atoms with Crippen LogP contribution in [0.5, 0.6) is 5.75 Å². The van der Waals surface area contributed by atoms with Gasteiger partial charge in [0.05, 0.1) is 7.11 Å². The average molecular weight is 326 g/mol. The molecular weight excluding hydrogens is 300 g/mol. The van der Waals surface area contributed by atoms with E-state index in [1.165, 1.54) is 5.56 Å². The fourth-order valence-electron chi connectivity index (χ4n) is 2.52. The Morgan fingerprint density at radius 1 is 1.04 bits per heavy atom. The zero-order valence-electron chi connectivity index (χ0n) is 14.5. The first kappa shape index (κ1) is 18.0. The van der Waals surface area contributed by atoms with Gasteiger partial charge in [-0.1, -0.05) is 42.5 Å². The maximum absolute atomic E-state index is 12.1. The third-order valence-electron chi connectivity index (χ3n) is 3.93. The lowest BCUT2D eigenvalue weighted by molar-refractivity contribution is -0.130. The predicted molar refractivity (Wildman–Crippen MR) is 97.1 cm³/mol. The molecule has 0 fully saturated rings. The van der Waals surface area contributed by atoms with Crippen LogP contribution in [0.2, 0.25) is 0 Å². The smallest absolute Gasteiger partial charge is 0.223 e. The van der Waals surface area contributed by atoms with E-state index in [0.29, 0.717) is 19.5 Å². The number of amides is 1. The van der Waals surface area contributed by atoms with E-state index in [4.69, 9.17) is 4.74 Å². The summed E-state index contributed by atoms with van der Waals surface area (Å²) in [6, 6.07) is 18.1.